The van der Waals surface area contributed by atoms with Gasteiger partial charge in [0.25, 0.3) is 5.91 Å². The molecule has 3 heterocycles. The minimum atomic E-state index is -0.262. The fourth-order valence-electron chi connectivity index (χ4n) is 3.58. The van der Waals surface area contributed by atoms with Gasteiger partial charge < -0.3 is 14.6 Å². The van der Waals surface area contributed by atoms with E-state index in [4.69, 9.17) is 4.74 Å². The Hall–Kier alpha value is -3.93. The van der Waals surface area contributed by atoms with Crippen molar-refractivity contribution in [1.82, 2.24) is 19.9 Å². The number of fused-ring (bicyclic) bond motifs is 3. The summed E-state index contributed by atoms with van der Waals surface area (Å²) in [6.07, 6.45) is 5.92. The maximum absolute atomic E-state index is 12.9. The number of imidazole rings is 1. The zero-order valence-electron chi connectivity index (χ0n) is 15.5. The van der Waals surface area contributed by atoms with Crippen LogP contribution in [0.3, 0.4) is 0 Å². The van der Waals surface area contributed by atoms with Crippen LogP contribution in [0.1, 0.15) is 27.9 Å². The number of aromatic nitrogens is 3. The van der Waals surface area contributed by atoms with E-state index >= 15 is 0 Å². The number of hydrogen-bond donors (Lipinski definition) is 1. The molecule has 2 aromatic heterocycles. The largest absolute Gasteiger partial charge is 0.457 e. The third-order valence-electron chi connectivity index (χ3n) is 4.90. The summed E-state index contributed by atoms with van der Waals surface area (Å²) >= 11 is 0. The third-order valence-corrected chi connectivity index (χ3v) is 4.90. The van der Waals surface area contributed by atoms with Gasteiger partial charge in [-0.15, -0.1) is 0 Å². The maximum Gasteiger partial charge on any atom is 0.270 e. The molecular weight excluding hydrogens is 364 g/mol. The van der Waals surface area contributed by atoms with E-state index in [9.17, 15) is 4.79 Å². The number of nitrogens with one attached hydrogen (secondary N) is 1. The number of benzene rings is 2. The number of carbonyl (C=O) groups is 1. The predicted octanol–water partition coefficient (Wildman–Crippen LogP) is 4.09. The first-order chi connectivity index (χ1) is 14.3. The van der Waals surface area contributed by atoms with Gasteiger partial charge in [0.05, 0.1) is 11.7 Å². The van der Waals surface area contributed by atoms with Crippen LogP contribution in [-0.2, 0) is 6.42 Å². The molecule has 0 saturated heterocycles. The molecule has 29 heavy (non-hydrogen) atoms. The molecule has 142 valence electrons. The van der Waals surface area contributed by atoms with Crippen LogP contribution in [0.2, 0.25) is 0 Å². The van der Waals surface area contributed by atoms with Crippen molar-refractivity contribution >= 4 is 5.91 Å². The highest BCUT2D eigenvalue weighted by Gasteiger charge is 2.27. The van der Waals surface area contributed by atoms with Crippen molar-refractivity contribution in [1.29, 1.82) is 0 Å². The average Bonchev–Trinajstić information content (AvgIpc) is 3.25. The normalized spacial score (nSPS) is 14.6. The van der Waals surface area contributed by atoms with Crippen molar-refractivity contribution in [2.24, 2.45) is 0 Å². The molecule has 1 aliphatic heterocycles. The minimum absolute atomic E-state index is 0.229. The van der Waals surface area contributed by atoms with Crippen LogP contribution >= 0.6 is 0 Å². The Kier molecular flexibility index (Phi) is 4.29. The second-order valence-electron chi connectivity index (χ2n) is 6.81. The van der Waals surface area contributed by atoms with E-state index < -0.39 is 0 Å². The Labute approximate surface area is 167 Å². The summed E-state index contributed by atoms with van der Waals surface area (Å²) in [5, 5.41) is 3.07. The van der Waals surface area contributed by atoms with Gasteiger partial charge in [0.15, 0.2) is 0 Å². The Bertz CT molecular complexity index is 1170. The highest BCUT2D eigenvalue weighted by molar-refractivity contribution is 5.92. The topological polar surface area (TPSA) is 69.0 Å². The van der Waals surface area contributed by atoms with Gasteiger partial charge in [0, 0.05) is 31.1 Å². The van der Waals surface area contributed by atoms with E-state index in [-0.39, 0.29) is 11.9 Å². The van der Waals surface area contributed by atoms with Crippen molar-refractivity contribution in [3.63, 3.8) is 0 Å². The quantitative estimate of drug-likeness (QED) is 0.577. The van der Waals surface area contributed by atoms with Gasteiger partial charge in [-0.2, -0.15) is 0 Å². The lowest BCUT2D eigenvalue weighted by atomic mass is 9.99. The maximum atomic E-state index is 12.9. The monoisotopic (exact) mass is 382 g/mol. The Morgan fingerprint density at radius 3 is 2.69 bits per heavy atom. The molecule has 0 bridgehead atoms. The number of ether oxygens (including phenoxy) is 1. The van der Waals surface area contributed by atoms with Crippen LogP contribution in [0.15, 0.2) is 85.3 Å². The first-order valence-electron chi connectivity index (χ1n) is 9.39. The lowest BCUT2D eigenvalue weighted by molar-refractivity contribution is 0.0928. The Balaban J connectivity index is 1.37. The van der Waals surface area contributed by atoms with Gasteiger partial charge in [0.1, 0.15) is 23.0 Å². The highest BCUT2D eigenvalue weighted by atomic mass is 16.5. The van der Waals surface area contributed by atoms with Crippen LogP contribution in [-0.4, -0.2) is 20.4 Å². The molecule has 0 spiro atoms. The van der Waals surface area contributed by atoms with Gasteiger partial charge >= 0.3 is 0 Å². The van der Waals surface area contributed by atoms with E-state index in [1.54, 1.807) is 24.5 Å². The standard InChI is InChI=1S/C23H18N4O2/c28-23(20-15-18(10-11-24-20)29-17-7-2-1-3-8-17)26-19-14-16-6-4-5-9-21(16)27-13-12-25-22(19)27/h1-13,15,19H,14H2,(H,26,28). The molecule has 4 aromatic rings. The van der Waals surface area contributed by atoms with Crippen molar-refractivity contribution in [3.8, 4) is 17.2 Å². The summed E-state index contributed by atoms with van der Waals surface area (Å²) in [6.45, 7) is 0. The predicted molar refractivity (Wildman–Crippen MR) is 108 cm³/mol. The van der Waals surface area contributed by atoms with Gasteiger partial charge in [-0.1, -0.05) is 36.4 Å². The molecule has 5 rings (SSSR count). The summed E-state index contributed by atoms with van der Waals surface area (Å²) in [4.78, 5) is 21.6. The van der Waals surface area contributed by atoms with Gasteiger partial charge in [0.2, 0.25) is 0 Å². The number of hydrogen-bond acceptors (Lipinski definition) is 4. The molecule has 0 fully saturated rings. The number of pyridine rings is 1. The molecule has 0 radical (unpaired) electrons. The van der Waals surface area contributed by atoms with Gasteiger partial charge in [-0.25, -0.2) is 4.98 Å². The van der Waals surface area contributed by atoms with Crippen LogP contribution < -0.4 is 10.1 Å². The second kappa shape index (κ2) is 7.24. The van der Waals surface area contributed by atoms with E-state index in [2.05, 4.69) is 27.4 Å². The van der Waals surface area contributed by atoms with Crippen molar-refractivity contribution in [2.75, 3.05) is 0 Å². The summed E-state index contributed by atoms with van der Waals surface area (Å²) in [6, 6.07) is 20.7. The molecule has 1 atom stereocenters. The molecule has 6 heteroatoms. The number of nitrogens with zero attached hydrogens (tertiary/aromatic N) is 3. The van der Waals surface area contributed by atoms with Crippen LogP contribution in [0, 0.1) is 0 Å². The zero-order valence-corrected chi connectivity index (χ0v) is 15.5. The highest BCUT2D eigenvalue weighted by Crippen LogP contribution is 2.30. The lowest BCUT2D eigenvalue weighted by Crippen LogP contribution is -2.34. The van der Waals surface area contributed by atoms with Gasteiger partial charge in [-0.3, -0.25) is 9.78 Å². The first-order valence-corrected chi connectivity index (χ1v) is 9.39. The molecule has 6 nitrogen and oxygen atoms in total. The summed E-state index contributed by atoms with van der Waals surface area (Å²) in [7, 11) is 0. The zero-order chi connectivity index (χ0) is 19.6. The molecular formula is C23H18N4O2. The first kappa shape index (κ1) is 17.2. The van der Waals surface area contributed by atoms with Crippen molar-refractivity contribution < 1.29 is 9.53 Å². The number of para-hydroxylation sites is 2. The molecule has 1 unspecified atom stereocenters. The fraction of sp³-hybridized carbons (Fsp3) is 0.0870. The summed E-state index contributed by atoms with van der Waals surface area (Å²) < 4.78 is 7.83. The van der Waals surface area contributed by atoms with E-state index in [1.165, 1.54) is 0 Å². The van der Waals surface area contributed by atoms with Crippen molar-refractivity contribution in [2.45, 2.75) is 12.5 Å². The third kappa shape index (κ3) is 3.36. The molecule has 1 amide bonds. The molecule has 0 saturated carbocycles. The summed E-state index contributed by atoms with van der Waals surface area (Å²) in [5.74, 6) is 1.82. The fourth-order valence-corrected chi connectivity index (χ4v) is 3.58. The van der Waals surface area contributed by atoms with Crippen LogP contribution in [0.25, 0.3) is 5.69 Å². The Morgan fingerprint density at radius 1 is 0.966 bits per heavy atom. The van der Waals surface area contributed by atoms with E-state index in [0.29, 0.717) is 23.6 Å². The molecule has 1 aliphatic rings. The Morgan fingerprint density at radius 2 is 1.79 bits per heavy atom. The van der Waals surface area contributed by atoms with E-state index in [0.717, 1.165) is 17.1 Å². The summed E-state index contributed by atoms with van der Waals surface area (Å²) in [5.41, 5.74) is 2.56. The minimum Gasteiger partial charge on any atom is -0.457 e. The number of carbonyl (C=O) groups excluding carboxylic acids is 1. The second-order valence-corrected chi connectivity index (χ2v) is 6.81. The van der Waals surface area contributed by atoms with Crippen molar-refractivity contribution in [3.05, 3.63) is 102 Å². The molecule has 2 aromatic carbocycles. The lowest BCUT2D eigenvalue weighted by Gasteiger charge is -2.26. The molecule has 1 N–H and O–H groups in total. The SMILES string of the molecule is O=C(NC1Cc2ccccc2-n2ccnc21)c1cc(Oc2ccccc2)ccn1. The van der Waals surface area contributed by atoms with E-state index in [1.807, 2.05) is 53.2 Å². The average molecular weight is 382 g/mol. The number of rotatable bonds is 4. The smallest absolute Gasteiger partial charge is 0.270 e. The van der Waals surface area contributed by atoms with Crippen LogP contribution in [0.4, 0.5) is 0 Å². The molecule has 0 aliphatic carbocycles. The number of amides is 1. The van der Waals surface area contributed by atoms with Gasteiger partial charge in [-0.05, 0) is 29.8 Å². The van der Waals surface area contributed by atoms with Crippen LogP contribution in [0.5, 0.6) is 11.5 Å².